The normalized spacial score (nSPS) is 19.3. The zero-order chi connectivity index (χ0) is 20.2. The largest absolute Gasteiger partial charge is 0.409 e. The Hall–Kier alpha value is -2.08. The summed E-state index contributed by atoms with van der Waals surface area (Å²) in [5.41, 5.74) is 2.67. The standard InChI is InChI=1S/C21H25F3N2O/c1-19(2,3)14-9-10-15-13(11-14)7-6-8-16(15)17(21(22,23)24)26-12-20(4,5)18(27)25-26/h6-11,17H,12H2,1-5H3,(H,25,27). The van der Waals surface area contributed by atoms with Crippen LogP contribution in [0.1, 0.15) is 51.8 Å². The van der Waals surface area contributed by atoms with E-state index in [1.807, 2.05) is 18.2 Å². The third kappa shape index (κ3) is 3.68. The second kappa shape index (κ2) is 6.23. The van der Waals surface area contributed by atoms with Crippen LogP contribution in [0.25, 0.3) is 10.8 Å². The molecule has 2 aromatic carbocycles. The van der Waals surface area contributed by atoms with Crippen LogP contribution in [-0.2, 0) is 10.2 Å². The Bertz CT molecular complexity index is 881. The summed E-state index contributed by atoms with van der Waals surface area (Å²) in [6, 6.07) is 8.65. The lowest BCUT2D eigenvalue weighted by Crippen LogP contribution is -2.43. The predicted octanol–water partition coefficient (Wildman–Crippen LogP) is 5.11. The Morgan fingerprint density at radius 3 is 2.30 bits per heavy atom. The van der Waals surface area contributed by atoms with E-state index in [0.717, 1.165) is 16.0 Å². The summed E-state index contributed by atoms with van der Waals surface area (Å²) < 4.78 is 42.1. The molecule has 1 N–H and O–H groups in total. The van der Waals surface area contributed by atoms with Crippen LogP contribution in [0.2, 0.25) is 0 Å². The van der Waals surface area contributed by atoms with Crippen molar-refractivity contribution in [2.24, 2.45) is 5.41 Å². The van der Waals surface area contributed by atoms with Crippen LogP contribution in [0.4, 0.5) is 13.2 Å². The molecule has 6 heteroatoms. The number of carbonyl (C=O) groups is 1. The molecule has 1 amide bonds. The molecule has 0 spiro atoms. The molecule has 27 heavy (non-hydrogen) atoms. The van der Waals surface area contributed by atoms with Crippen LogP contribution >= 0.6 is 0 Å². The zero-order valence-corrected chi connectivity index (χ0v) is 16.2. The number of hydrazine groups is 1. The minimum Gasteiger partial charge on any atom is -0.287 e. The van der Waals surface area contributed by atoms with Gasteiger partial charge in [0.15, 0.2) is 6.04 Å². The van der Waals surface area contributed by atoms with Crippen molar-refractivity contribution in [2.75, 3.05) is 6.54 Å². The van der Waals surface area contributed by atoms with Gasteiger partial charge in [0.1, 0.15) is 0 Å². The van der Waals surface area contributed by atoms with E-state index in [0.29, 0.717) is 5.39 Å². The molecule has 1 atom stereocenters. The Balaban J connectivity index is 2.13. The van der Waals surface area contributed by atoms with Gasteiger partial charge in [0.2, 0.25) is 5.91 Å². The summed E-state index contributed by atoms with van der Waals surface area (Å²) in [7, 11) is 0. The van der Waals surface area contributed by atoms with Gasteiger partial charge in [-0.25, -0.2) is 5.01 Å². The highest BCUT2D eigenvalue weighted by Crippen LogP contribution is 2.43. The number of nitrogens with zero attached hydrogens (tertiary/aromatic N) is 1. The highest BCUT2D eigenvalue weighted by molar-refractivity contribution is 5.87. The van der Waals surface area contributed by atoms with Gasteiger partial charge in [0.05, 0.1) is 5.41 Å². The number of benzene rings is 2. The van der Waals surface area contributed by atoms with Crippen molar-refractivity contribution in [3.8, 4) is 0 Å². The molecule has 2 aromatic rings. The smallest absolute Gasteiger partial charge is 0.287 e. The molecule has 0 bridgehead atoms. The van der Waals surface area contributed by atoms with Crippen LogP contribution in [0, 0.1) is 5.41 Å². The first-order valence-electron chi connectivity index (χ1n) is 8.98. The van der Waals surface area contributed by atoms with E-state index in [2.05, 4.69) is 26.2 Å². The average Bonchev–Trinajstić information content (AvgIpc) is 2.77. The molecule has 1 heterocycles. The van der Waals surface area contributed by atoms with Gasteiger partial charge in [0, 0.05) is 6.54 Å². The van der Waals surface area contributed by atoms with Gasteiger partial charge >= 0.3 is 6.18 Å². The molecule has 1 aliphatic rings. The van der Waals surface area contributed by atoms with Crippen molar-refractivity contribution >= 4 is 16.7 Å². The quantitative estimate of drug-likeness (QED) is 0.787. The molecule has 1 saturated heterocycles. The minimum absolute atomic E-state index is 0.00747. The molecule has 3 nitrogen and oxygen atoms in total. The molecule has 0 aliphatic carbocycles. The van der Waals surface area contributed by atoms with Crippen molar-refractivity contribution in [3.05, 3.63) is 47.5 Å². The van der Waals surface area contributed by atoms with E-state index < -0.39 is 23.5 Å². The first kappa shape index (κ1) is 19.7. The number of hydrogen-bond donors (Lipinski definition) is 1. The average molecular weight is 378 g/mol. The Labute approximate surface area is 157 Å². The van der Waals surface area contributed by atoms with Gasteiger partial charge in [-0.3, -0.25) is 10.2 Å². The van der Waals surface area contributed by atoms with E-state index in [-0.39, 0.29) is 17.5 Å². The Morgan fingerprint density at radius 1 is 1.11 bits per heavy atom. The number of fused-ring (bicyclic) bond motifs is 1. The Kier molecular flexibility index (Phi) is 4.54. The molecule has 0 saturated carbocycles. The molecule has 0 radical (unpaired) electrons. The van der Waals surface area contributed by atoms with Crippen molar-refractivity contribution in [1.29, 1.82) is 0 Å². The zero-order valence-electron chi connectivity index (χ0n) is 16.2. The second-order valence-electron chi connectivity index (χ2n) is 8.93. The maximum atomic E-state index is 14.0. The summed E-state index contributed by atoms with van der Waals surface area (Å²) in [5.74, 6) is -0.396. The lowest BCUT2D eigenvalue weighted by Gasteiger charge is -2.31. The van der Waals surface area contributed by atoms with Crippen LogP contribution in [0.15, 0.2) is 36.4 Å². The van der Waals surface area contributed by atoms with Crippen molar-refractivity contribution < 1.29 is 18.0 Å². The topological polar surface area (TPSA) is 32.3 Å². The number of amides is 1. The third-order valence-electron chi connectivity index (χ3n) is 5.12. The molecule has 146 valence electrons. The number of alkyl halides is 3. The van der Waals surface area contributed by atoms with E-state index in [1.165, 1.54) is 6.07 Å². The lowest BCUT2D eigenvalue weighted by atomic mass is 9.85. The number of rotatable bonds is 2. The van der Waals surface area contributed by atoms with Crippen molar-refractivity contribution in [3.63, 3.8) is 0 Å². The number of halogens is 3. The highest BCUT2D eigenvalue weighted by Gasteiger charge is 2.51. The van der Waals surface area contributed by atoms with Gasteiger partial charge in [0.25, 0.3) is 0 Å². The van der Waals surface area contributed by atoms with Crippen molar-refractivity contribution in [1.82, 2.24) is 10.4 Å². The van der Waals surface area contributed by atoms with Crippen LogP contribution in [0.3, 0.4) is 0 Å². The molecular weight excluding hydrogens is 353 g/mol. The second-order valence-corrected chi connectivity index (χ2v) is 8.93. The van der Waals surface area contributed by atoms with Gasteiger partial charge in [-0.2, -0.15) is 13.2 Å². The molecule has 1 fully saturated rings. The van der Waals surface area contributed by atoms with Gasteiger partial charge in [-0.15, -0.1) is 0 Å². The molecule has 1 aliphatic heterocycles. The maximum Gasteiger partial charge on any atom is 0.409 e. The SMILES string of the molecule is CC1(C)CN(C(c2cccc3cc(C(C)(C)C)ccc23)C(F)(F)F)NC1=O. The molecule has 0 aromatic heterocycles. The van der Waals surface area contributed by atoms with Crippen LogP contribution < -0.4 is 5.43 Å². The van der Waals surface area contributed by atoms with Crippen LogP contribution in [-0.4, -0.2) is 23.6 Å². The van der Waals surface area contributed by atoms with Gasteiger partial charge in [-0.05, 0) is 41.2 Å². The summed E-state index contributed by atoms with van der Waals surface area (Å²) in [6.45, 7) is 9.49. The van der Waals surface area contributed by atoms with Crippen molar-refractivity contribution in [2.45, 2.75) is 52.3 Å². The van der Waals surface area contributed by atoms with E-state index in [4.69, 9.17) is 0 Å². The predicted molar refractivity (Wildman–Crippen MR) is 100 cm³/mol. The maximum absolute atomic E-state index is 14.0. The van der Waals surface area contributed by atoms with Gasteiger partial charge in [-0.1, -0.05) is 57.2 Å². The summed E-state index contributed by atoms with van der Waals surface area (Å²) in [4.78, 5) is 12.1. The first-order chi connectivity index (χ1) is 12.3. The van der Waals surface area contributed by atoms with Gasteiger partial charge < -0.3 is 0 Å². The number of nitrogens with one attached hydrogen (secondary N) is 1. The van der Waals surface area contributed by atoms with E-state index >= 15 is 0 Å². The summed E-state index contributed by atoms with van der Waals surface area (Å²) in [5, 5.41) is 2.33. The lowest BCUT2D eigenvalue weighted by molar-refractivity contribution is -0.191. The third-order valence-corrected chi connectivity index (χ3v) is 5.12. The summed E-state index contributed by atoms with van der Waals surface area (Å²) in [6.07, 6.45) is -4.52. The number of hydrogen-bond acceptors (Lipinski definition) is 2. The fraction of sp³-hybridized carbons (Fsp3) is 0.476. The Morgan fingerprint density at radius 2 is 1.78 bits per heavy atom. The summed E-state index contributed by atoms with van der Waals surface area (Å²) >= 11 is 0. The highest BCUT2D eigenvalue weighted by atomic mass is 19.4. The fourth-order valence-electron chi connectivity index (χ4n) is 3.51. The minimum atomic E-state index is -4.52. The number of carbonyl (C=O) groups excluding carboxylic acids is 1. The molecule has 1 unspecified atom stereocenters. The van der Waals surface area contributed by atoms with Crippen LogP contribution in [0.5, 0.6) is 0 Å². The fourth-order valence-corrected chi connectivity index (χ4v) is 3.51. The van der Waals surface area contributed by atoms with E-state index in [9.17, 15) is 18.0 Å². The first-order valence-corrected chi connectivity index (χ1v) is 8.98. The molecular formula is C21H25F3N2O. The van der Waals surface area contributed by atoms with E-state index in [1.54, 1.807) is 26.0 Å². The molecule has 3 rings (SSSR count). The monoisotopic (exact) mass is 378 g/mol.